The van der Waals surface area contributed by atoms with E-state index in [-0.39, 0.29) is 6.03 Å². The van der Waals surface area contributed by atoms with Crippen LogP contribution >= 0.6 is 11.3 Å². The maximum absolute atomic E-state index is 12.4. The molecule has 140 valence electrons. The maximum atomic E-state index is 12.4. The topological polar surface area (TPSA) is 50.8 Å². The van der Waals surface area contributed by atoms with E-state index in [2.05, 4.69) is 16.8 Å². The molecule has 0 bridgehead atoms. The van der Waals surface area contributed by atoms with E-state index in [1.54, 1.807) is 18.4 Å². The number of urea groups is 1. The average Bonchev–Trinajstić information content (AvgIpc) is 3.20. The number of thiophene rings is 1. The summed E-state index contributed by atoms with van der Waals surface area (Å²) in [5.41, 5.74) is 0. The second-order valence-corrected chi connectivity index (χ2v) is 7.54. The number of amides is 2. The third-order valence-electron chi connectivity index (χ3n) is 4.56. The number of nitrogens with one attached hydrogen (secondary N) is 1. The van der Waals surface area contributed by atoms with Crippen molar-refractivity contribution in [2.45, 2.75) is 19.3 Å². The van der Waals surface area contributed by atoms with Crippen molar-refractivity contribution in [3.05, 3.63) is 46.7 Å². The van der Waals surface area contributed by atoms with E-state index in [1.165, 1.54) is 4.88 Å². The number of ether oxygens (including phenoxy) is 2. The van der Waals surface area contributed by atoms with E-state index in [0.29, 0.717) is 19.1 Å². The Labute approximate surface area is 158 Å². The van der Waals surface area contributed by atoms with Gasteiger partial charge in [-0.15, -0.1) is 11.3 Å². The molecule has 2 aromatic rings. The Balaban J connectivity index is 1.42. The lowest BCUT2D eigenvalue weighted by atomic mass is 9.99. The van der Waals surface area contributed by atoms with E-state index < -0.39 is 0 Å². The fourth-order valence-electron chi connectivity index (χ4n) is 3.15. The first-order chi connectivity index (χ1) is 12.7. The number of benzene rings is 1. The van der Waals surface area contributed by atoms with Gasteiger partial charge in [-0.3, -0.25) is 0 Å². The molecule has 1 fully saturated rings. The van der Waals surface area contributed by atoms with Crippen molar-refractivity contribution in [3.8, 4) is 11.5 Å². The minimum absolute atomic E-state index is 0.0348. The maximum Gasteiger partial charge on any atom is 0.317 e. The number of nitrogens with zero attached hydrogens (tertiary/aromatic N) is 1. The number of rotatable bonds is 7. The molecule has 0 radical (unpaired) electrons. The second-order valence-electron chi connectivity index (χ2n) is 6.51. The zero-order valence-electron chi connectivity index (χ0n) is 15.1. The number of hydrogen-bond donors (Lipinski definition) is 1. The molecule has 2 amide bonds. The molecule has 0 spiro atoms. The van der Waals surface area contributed by atoms with Crippen LogP contribution in [0, 0.1) is 5.92 Å². The Morgan fingerprint density at radius 2 is 2.19 bits per heavy atom. The number of carbonyl (C=O) groups excluding carboxylic acids is 1. The number of piperidine rings is 1. The number of hydrogen-bond acceptors (Lipinski definition) is 4. The summed E-state index contributed by atoms with van der Waals surface area (Å²) >= 11 is 1.73. The lowest BCUT2D eigenvalue weighted by molar-refractivity contribution is 0.137. The Hall–Kier alpha value is -2.21. The zero-order valence-corrected chi connectivity index (χ0v) is 16.0. The molecule has 26 heavy (non-hydrogen) atoms. The smallest absolute Gasteiger partial charge is 0.317 e. The predicted octanol–water partition coefficient (Wildman–Crippen LogP) is 3.80. The molecule has 1 aromatic carbocycles. The molecule has 1 unspecified atom stereocenters. The molecule has 1 aliphatic heterocycles. The van der Waals surface area contributed by atoms with Gasteiger partial charge < -0.3 is 19.7 Å². The third kappa shape index (κ3) is 5.39. The van der Waals surface area contributed by atoms with Crippen molar-refractivity contribution in [3.63, 3.8) is 0 Å². The van der Waals surface area contributed by atoms with Crippen molar-refractivity contribution >= 4 is 17.4 Å². The molecule has 1 aromatic heterocycles. The highest BCUT2D eigenvalue weighted by Crippen LogP contribution is 2.22. The van der Waals surface area contributed by atoms with Gasteiger partial charge in [-0.05, 0) is 42.8 Å². The minimum atomic E-state index is 0.0348. The van der Waals surface area contributed by atoms with Crippen molar-refractivity contribution in [1.29, 1.82) is 0 Å². The van der Waals surface area contributed by atoms with Gasteiger partial charge in [0.15, 0.2) is 0 Å². The molecule has 6 heteroatoms. The summed E-state index contributed by atoms with van der Waals surface area (Å²) < 4.78 is 11.1. The summed E-state index contributed by atoms with van der Waals surface area (Å²) in [6.45, 7) is 2.86. The monoisotopic (exact) mass is 374 g/mol. The van der Waals surface area contributed by atoms with Gasteiger partial charge in [0.25, 0.3) is 0 Å². The van der Waals surface area contributed by atoms with Crippen LogP contribution in [0.25, 0.3) is 0 Å². The minimum Gasteiger partial charge on any atom is -0.497 e. The lowest BCUT2D eigenvalue weighted by Gasteiger charge is -2.32. The van der Waals surface area contributed by atoms with Crippen LogP contribution in [0.3, 0.4) is 0 Å². The van der Waals surface area contributed by atoms with Crippen molar-refractivity contribution in [2.24, 2.45) is 5.92 Å². The molecule has 0 aliphatic carbocycles. The first-order valence-corrected chi connectivity index (χ1v) is 9.94. The lowest BCUT2D eigenvalue weighted by Crippen LogP contribution is -2.46. The third-order valence-corrected chi connectivity index (χ3v) is 5.50. The highest BCUT2D eigenvalue weighted by atomic mass is 32.1. The highest BCUT2D eigenvalue weighted by molar-refractivity contribution is 7.09. The SMILES string of the molecule is COc1cccc(OCC2CCCN(C(=O)NCCc3cccs3)C2)c1. The summed E-state index contributed by atoms with van der Waals surface area (Å²) in [5, 5.41) is 5.10. The van der Waals surface area contributed by atoms with Gasteiger partial charge in [0, 0.05) is 36.5 Å². The molecular formula is C20H26N2O3S. The summed E-state index contributed by atoms with van der Waals surface area (Å²) in [7, 11) is 1.65. The van der Waals surface area contributed by atoms with Gasteiger partial charge in [-0.1, -0.05) is 12.1 Å². The van der Waals surface area contributed by atoms with E-state index in [9.17, 15) is 4.79 Å². The van der Waals surface area contributed by atoms with Crippen LogP contribution in [-0.2, 0) is 6.42 Å². The number of methoxy groups -OCH3 is 1. The Bertz CT molecular complexity index is 690. The predicted molar refractivity (Wildman–Crippen MR) is 104 cm³/mol. The van der Waals surface area contributed by atoms with Gasteiger partial charge in [-0.2, -0.15) is 0 Å². The molecule has 3 rings (SSSR count). The second kappa shape index (κ2) is 9.48. The summed E-state index contributed by atoms with van der Waals surface area (Å²) in [5.74, 6) is 1.96. The van der Waals surface area contributed by atoms with E-state index >= 15 is 0 Å². The fourth-order valence-corrected chi connectivity index (χ4v) is 3.86. The molecule has 5 nitrogen and oxygen atoms in total. The Morgan fingerprint density at radius 1 is 1.31 bits per heavy atom. The van der Waals surface area contributed by atoms with Crippen LogP contribution in [0.5, 0.6) is 11.5 Å². The first kappa shape index (κ1) is 18.6. The average molecular weight is 375 g/mol. The van der Waals surface area contributed by atoms with E-state index in [4.69, 9.17) is 9.47 Å². The van der Waals surface area contributed by atoms with Crippen LogP contribution in [0.1, 0.15) is 17.7 Å². The Morgan fingerprint density at radius 3 is 3.00 bits per heavy atom. The first-order valence-electron chi connectivity index (χ1n) is 9.06. The summed E-state index contributed by atoms with van der Waals surface area (Å²) in [6, 6.07) is 11.8. The zero-order chi connectivity index (χ0) is 18.2. The molecular weight excluding hydrogens is 348 g/mol. The van der Waals surface area contributed by atoms with Gasteiger partial charge in [0.2, 0.25) is 0 Å². The molecule has 0 saturated carbocycles. The highest BCUT2D eigenvalue weighted by Gasteiger charge is 2.24. The Kier molecular flexibility index (Phi) is 6.77. The van der Waals surface area contributed by atoms with Crippen LogP contribution in [0.15, 0.2) is 41.8 Å². The van der Waals surface area contributed by atoms with Gasteiger partial charge in [-0.25, -0.2) is 4.79 Å². The molecule has 1 N–H and O–H groups in total. The van der Waals surface area contributed by atoms with Crippen LogP contribution in [0.2, 0.25) is 0 Å². The molecule has 1 atom stereocenters. The van der Waals surface area contributed by atoms with Crippen molar-refractivity contribution in [2.75, 3.05) is 33.4 Å². The normalized spacial score (nSPS) is 17.0. The van der Waals surface area contributed by atoms with E-state index in [1.807, 2.05) is 35.2 Å². The fraction of sp³-hybridized carbons (Fsp3) is 0.450. The van der Waals surface area contributed by atoms with Crippen molar-refractivity contribution in [1.82, 2.24) is 10.2 Å². The standard InChI is InChI=1S/C20H26N2O3S/c1-24-17-6-2-7-18(13-17)25-15-16-5-3-11-22(14-16)20(23)21-10-9-19-8-4-12-26-19/h2,4,6-8,12-13,16H,3,5,9-11,14-15H2,1H3,(H,21,23). The number of likely N-dealkylation sites (tertiary alicyclic amines) is 1. The van der Waals surface area contributed by atoms with Gasteiger partial charge >= 0.3 is 6.03 Å². The molecule has 1 aliphatic rings. The van der Waals surface area contributed by atoms with Crippen LogP contribution in [0.4, 0.5) is 4.79 Å². The van der Waals surface area contributed by atoms with Crippen molar-refractivity contribution < 1.29 is 14.3 Å². The quantitative estimate of drug-likeness (QED) is 0.802. The van der Waals surface area contributed by atoms with Crippen LogP contribution < -0.4 is 14.8 Å². The van der Waals surface area contributed by atoms with E-state index in [0.717, 1.165) is 43.9 Å². The molecule has 1 saturated heterocycles. The van der Waals surface area contributed by atoms with Crippen LogP contribution in [-0.4, -0.2) is 44.3 Å². The summed E-state index contributed by atoms with van der Waals surface area (Å²) in [4.78, 5) is 15.6. The van der Waals surface area contributed by atoms with Gasteiger partial charge in [0.1, 0.15) is 11.5 Å². The van der Waals surface area contributed by atoms with Gasteiger partial charge in [0.05, 0.1) is 13.7 Å². The summed E-state index contributed by atoms with van der Waals surface area (Å²) in [6.07, 6.45) is 2.99. The number of carbonyl (C=O) groups is 1. The largest absolute Gasteiger partial charge is 0.497 e. The molecule has 2 heterocycles.